The lowest BCUT2D eigenvalue weighted by molar-refractivity contribution is 0.146. The molecule has 1 saturated heterocycles. The highest BCUT2D eigenvalue weighted by Crippen LogP contribution is 2.21. The molecule has 1 N–H and O–H groups in total. The number of halogens is 1. The Morgan fingerprint density at radius 1 is 1.25 bits per heavy atom. The van der Waals surface area contributed by atoms with Crippen molar-refractivity contribution in [2.24, 2.45) is 11.8 Å². The van der Waals surface area contributed by atoms with Crippen molar-refractivity contribution in [1.82, 2.24) is 20.0 Å². The molecule has 3 rings (SSSR count). The first kappa shape index (κ1) is 16.8. The van der Waals surface area contributed by atoms with E-state index in [0.717, 1.165) is 24.3 Å². The monoisotopic (exact) mass is 346 g/mol. The second-order valence-corrected chi connectivity index (χ2v) is 7.22. The Balaban J connectivity index is 1.57. The van der Waals surface area contributed by atoms with Gasteiger partial charge >= 0.3 is 6.03 Å². The first-order valence-corrected chi connectivity index (χ1v) is 8.71. The van der Waals surface area contributed by atoms with Crippen molar-refractivity contribution in [2.45, 2.75) is 26.8 Å². The van der Waals surface area contributed by atoms with E-state index in [-0.39, 0.29) is 6.03 Å². The van der Waals surface area contributed by atoms with E-state index >= 15 is 0 Å². The van der Waals surface area contributed by atoms with Crippen LogP contribution in [0.5, 0.6) is 0 Å². The molecule has 1 aromatic carbocycles. The smallest absolute Gasteiger partial charge is 0.317 e. The van der Waals surface area contributed by atoms with Crippen molar-refractivity contribution in [3.63, 3.8) is 0 Å². The number of hydrogen-bond donors (Lipinski definition) is 1. The molecule has 128 valence electrons. The number of aromatic nitrogens is 2. The molecule has 0 saturated carbocycles. The van der Waals surface area contributed by atoms with Crippen molar-refractivity contribution >= 4 is 17.6 Å². The summed E-state index contributed by atoms with van der Waals surface area (Å²) in [5.41, 5.74) is 1.91. The highest BCUT2D eigenvalue weighted by atomic mass is 35.5. The molecule has 2 aromatic rings. The zero-order valence-electron chi connectivity index (χ0n) is 14.1. The largest absolute Gasteiger partial charge is 0.334 e. The molecule has 0 aliphatic carbocycles. The summed E-state index contributed by atoms with van der Waals surface area (Å²) in [5.74, 6) is 1.12. The van der Waals surface area contributed by atoms with Gasteiger partial charge < -0.3 is 10.2 Å². The quantitative estimate of drug-likeness (QED) is 0.921. The number of piperidine rings is 1. The van der Waals surface area contributed by atoms with Crippen LogP contribution in [-0.4, -0.2) is 33.8 Å². The maximum atomic E-state index is 12.3. The summed E-state index contributed by atoms with van der Waals surface area (Å²) in [6.45, 7) is 6.55. The summed E-state index contributed by atoms with van der Waals surface area (Å²) < 4.78 is 1.78. The normalized spacial score (nSPS) is 20.9. The van der Waals surface area contributed by atoms with E-state index in [2.05, 4.69) is 24.3 Å². The number of carbonyl (C=O) groups is 1. The first-order chi connectivity index (χ1) is 11.5. The van der Waals surface area contributed by atoms with Crippen LogP contribution < -0.4 is 5.32 Å². The topological polar surface area (TPSA) is 50.2 Å². The van der Waals surface area contributed by atoms with Crippen LogP contribution in [0.3, 0.4) is 0 Å². The second kappa shape index (κ2) is 7.26. The van der Waals surface area contributed by atoms with E-state index in [0.29, 0.717) is 23.4 Å². The van der Waals surface area contributed by atoms with Crippen molar-refractivity contribution < 1.29 is 4.79 Å². The van der Waals surface area contributed by atoms with Crippen LogP contribution in [0.25, 0.3) is 5.69 Å². The lowest BCUT2D eigenvalue weighted by Crippen LogP contribution is -2.47. The summed E-state index contributed by atoms with van der Waals surface area (Å²) in [7, 11) is 0. The number of rotatable bonds is 3. The summed E-state index contributed by atoms with van der Waals surface area (Å²) in [4.78, 5) is 14.3. The number of likely N-dealkylation sites (tertiary alicyclic amines) is 1. The fourth-order valence-electron chi connectivity index (χ4n) is 3.30. The first-order valence-electron chi connectivity index (χ1n) is 8.33. The fraction of sp³-hybridized carbons (Fsp3) is 0.444. The van der Waals surface area contributed by atoms with Crippen LogP contribution in [0.4, 0.5) is 4.79 Å². The Hall–Kier alpha value is -2.01. The number of nitrogens with zero attached hydrogens (tertiary/aromatic N) is 3. The molecule has 2 amide bonds. The minimum atomic E-state index is 0.00708. The average Bonchev–Trinajstić information content (AvgIpc) is 3.01. The van der Waals surface area contributed by atoms with E-state index in [1.165, 1.54) is 6.42 Å². The molecular weight excluding hydrogens is 324 g/mol. The summed E-state index contributed by atoms with van der Waals surface area (Å²) in [5, 5.41) is 8.03. The van der Waals surface area contributed by atoms with Crippen LogP contribution in [0.15, 0.2) is 36.7 Å². The van der Waals surface area contributed by atoms with Crippen molar-refractivity contribution in [3.8, 4) is 5.69 Å². The van der Waals surface area contributed by atoms with Crippen LogP contribution >= 0.6 is 11.6 Å². The second-order valence-electron chi connectivity index (χ2n) is 6.78. The highest BCUT2D eigenvalue weighted by Gasteiger charge is 2.25. The van der Waals surface area contributed by atoms with Gasteiger partial charge in [0.25, 0.3) is 0 Å². The molecule has 1 aliphatic heterocycles. The number of amides is 2. The third-order valence-electron chi connectivity index (χ3n) is 4.33. The molecule has 1 aromatic heterocycles. The Morgan fingerprint density at radius 2 is 1.92 bits per heavy atom. The molecule has 5 nitrogen and oxygen atoms in total. The van der Waals surface area contributed by atoms with Gasteiger partial charge in [-0.2, -0.15) is 5.10 Å². The molecule has 1 fully saturated rings. The third-order valence-corrected chi connectivity index (χ3v) is 4.58. The van der Waals surface area contributed by atoms with Gasteiger partial charge in [-0.05, 0) is 42.5 Å². The van der Waals surface area contributed by atoms with Crippen molar-refractivity contribution in [2.75, 3.05) is 13.1 Å². The Labute approximate surface area is 147 Å². The van der Waals surface area contributed by atoms with Crippen LogP contribution in [0.1, 0.15) is 25.8 Å². The Bertz CT molecular complexity index is 687. The zero-order valence-corrected chi connectivity index (χ0v) is 14.8. The summed E-state index contributed by atoms with van der Waals surface area (Å²) in [6.07, 6.45) is 4.89. The van der Waals surface area contributed by atoms with Crippen LogP contribution in [0.2, 0.25) is 5.02 Å². The molecule has 2 heterocycles. The number of benzene rings is 1. The molecule has 2 atom stereocenters. The molecule has 0 spiro atoms. The van der Waals surface area contributed by atoms with Gasteiger partial charge in [0.05, 0.1) is 11.9 Å². The van der Waals surface area contributed by atoms with Gasteiger partial charge in [0, 0.05) is 36.4 Å². The highest BCUT2D eigenvalue weighted by molar-refractivity contribution is 6.30. The lowest BCUT2D eigenvalue weighted by Gasteiger charge is -2.34. The zero-order chi connectivity index (χ0) is 17.1. The Morgan fingerprint density at radius 3 is 2.58 bits per heavy atom. The molecule has 0 bridgehead atoms. The predicted octanol–water partition coefficient (Wildman–Crippen LogP) is 3.71. The number of urea groups is 1. The fourth-order valence-corrected chi connectivity index (χ4v) is 3.43. The van der Waals surface area contributed by atoms with Gasteiger partial charge in [-0.15, -0.1) is 0 Å². The minimum absolute atomic E-state index is 0.00708. The molecule has 1 aliphatic rings. The van der Waals surface area contributed by atoms with E-state index in [4.69, 9.17) is 11.6 Å². The molecule has 6 heteroatoms. The van der Waals surface area contributed by atoms with Gasteiger partial charge in [-0.3, -0.25) is 0 Å². The molecule has 0 radical (unpaired) electrons. The van der Waals surface area contributed by atoms with Crippen LogP contribution in [0, 0.1) is 11.8 Å². The van der Waals surface area contributed by atoms with E-state index < -0.39 is 0 Å². The lowest BCUT2D eigenvalue weighted by atomic mass is 9.92. The number of hydrogen-bond acceptors (Lipinski definition) is 2. The maximum absolute atomic E-state index is 12.3. The minimum Gasteiger partial charge on any atom is -0.334 e. The number of nitrogens with one attached hydrogen (secondary N) is 1. The van der Waals surface area contributed by atoms with E-state index in [9.17, 15) is 4.79 Å². The molecule has 2 unspecified atom stereocenters. The van der Waals surface area contributed by atoms with Gasteiger partial charge in [-0.1, -0.05) is 25.4 Å². The SMILES string of the molecule is CC1CC(C)CN(C(=O)NCc2cnn(-c3ccc(Cl)cc3)c2)C1. The van der Waals surface area contributed by atoms with Gasteiger partial charge in [0.15, 0.2) is 0 Å². The predicted molar refractivity (Wildman–Crippen MR) is 95.3 cm³/mol. The number of carbonyl (C=O) groups excluding carboxylic acids is 1. The van der Waals surface area contributed by atoms with E-state index in [1.54, 1.807) is 10.9 Å². The third kappa shape index (κ3) is 4.09. The Kier molecular flexibility index (Phi) is 5.09. The van der Waals surface area contributed by atoms with E-state index in [1.807, 2.05) is 35.4 Å². The molecule has 24 heavy (non-hydrogen) atoms. The van der Waals surface area contributed by atoms with Crippen molar-refractivity contribution in [1.29, 1.82) is 0 Å². The summed E-state index contributed by atoms with van der Waals surface area (Å²) in [6, 6.07) is 7.49. The van der Waals surface area contributed by atoms with Gasteiger partial charge in [0.1, 0.15) is 0 Å². The summed E-state index contributed by atoms with van der Waals surface area (Å²) >= 11 is 5.90. The maximum Gasteiger partial charge on any atom is 0.317 e. The van der Waals surface area contributed by atoms with Crippen LogP contribution in [-0.2, 0) is 6.54 Å². The standard InChI is InChI=1S/C18H23ClN4O/c1-13-7-14(2)11-22(10-13)18(24)20-8-15-9-21-23(12-15)17-5-3-16(19)4-6-17/h3-6,9,12-14H,7-8,10-11H2,1-2H3,(H,20,24). The molecular formula is C18H23ClN4O. The van der Waals surface area contributed by atoms with Gasteiger partial charge in [-0.25, -0.2) is 9.48 Å². The van der Waals surface area contributed by atoms with Crippen molar-refractivity contribution in [3.05, 3.63) is 47.2 Å². The van der Waals surface area contributed by atoms with Gasteiger partial charge in [0.2, 0.25) is 0 Å². The average molecular weight is 347 g/mol.